The van der Waals surface area contributed by atoms with Gasteiger partial charge >= 0.3 is 0 Å². The van der Waals surface area contributed by atoms with Gasteiger partial charge < -0.3 is 4.98 Å². The number of nitrogens with zero attached hydrogens (tertiary/aromatic N) is 1. The minimum atomic E-state index is -0.602. The second kappa shape index (κ2) is 8.98. The van der Waals surface area contributed by atoms with Crippen molar-refractivity contribution in [1.82, 2.24) is 15.4 Å². The van der Waals surface area contributed by atoms with Gasteiger partial charge in [0.2, 0.25) is 0 Å². The lowest BCUT2D eigenvalue weighted by atomic mass is 10.0. The zero-order valence-corrected chi connectivity index (χ0v) is 20.1. The first-order chi connectivity index (χ1) is 16.3. The van der Waals surface area contributed by atoms with E-state index in [4.69, 9.17) is 23.2 Å². The summed E-state index contributed by atoms with van der Waals surface area (Å²) in [5.74, 6) is -1.22. The molecule has 0 radical (unpaired) electrons. The van der Waals surface area contributed by atoms with Crippen molar-refractivity contribution in [2.24, 2.45) is 0 Å². The van der Waals surface area contributed by atoms with E-state index in [1.807, 2.05) is 30.3 Å². The zero-order chi connectivity index (χ0) is 24.0. The van der Waals surface area contributed by atoms with Crippen molar-refractivity contribution in [3.05, 3.63) is 93.8 Å². The number of carbonyl (C=O) groups is 2. The van der Waals surface area contributed by atoms with Crippen LogP contribution in [0.1, 0.15) is 28.3 Å². The summed E-state index contributed by atoms with van der Waals surface area (Å²) in [6.07, 6.45) is 0. The summed E-state index contributed by atoms with van der Waals surface area (Å²) in [4.78, 5) is 29.6. The second-order valence-corrected chi connectivity index (χ2v) is 10.1. The van der Waals surface area contributed by atoms with E-state index in [0.717, 1.165) is 5.56 Å². The molecule has 4 aromatic rings. The van der Waals surface area contributed by atoms with Crippen LogP contribution in [0.5, 0.6) is 0 Å². The average molecular weight is 514 g/mol. The summed E-state index contributed by atoms with van der Waals surface area (Å²) in [6.45, 7) is 1.76. The lowest BCUT2D eigenvalue weighted by Crippen LogP contribution is -2.45. The molecule has 172 valence electrons. The normalized spacial score (nSPS) is 18.0. The van der Waals surface area contributed by atoms with E-state index in [-0.39, 0.29) is 11.6 Å². The van der Waals surface area contributed by atoms with Gasteiger partial charge in [-0.25, -0.2) is 9.40 Å². The monoisotopic (exact) mass is 513 g/mol. The van der Waals surface area contributed by atoms with Crippen LogP contribution in [0, 0.1) is 5.82 Å². The molecule has 2 heterocycles. The number of H-pyrrole nitrogens is 1. The van der Waals surface area contributed by atoms with Gasteiger partial charge in [-0.3, -0.25) is 15.0 Å². The van der Waals surface area contributed by atoms with Crippen molar-refractivity contribution >= 4 is 57.7 Å². The molecule has 2 amide bonds. The van der Waals surface area contributed by atoms with E-state index >= 15 is 0 Å². The summed E-state index contributed by atoms with van der Waals surface area (Å²) in [5, 5.41) is 1.62. The van der Waals surface area contributed by atoms with Gasteiger partial charge in [-0.05, 0) is 42.8 Å². The highest BCUT2D eigenvalue weighted by Crippen LogP contribution is 2.46. The van der Waals surface area contributed by atoms with Gasteiger partial charge in [0.05, 0.1) is 5.25 Å². The molecule has 9 heteroatoms. The van der Waals surface area contributed by atoms with Gasteiger partial charge in [-0.2, -0.15) is 0 Å². The molecule has 0 bridgehead atoms. The number of thioether (sulfide) groups is 1. The van der Waals surface area contributed by atoms with Crippen LogP contribution in [0.2, 0.25) is 10.0 Å². The maximum absolute atomic E-state index is 14.1. The number of benzene rings is 3. The van der Waals surface area contributed by atoms with Crippen molar-refractivity contribution in [2.45, 2.75) is 17.5 Å². The van der Waals surface area contributed by atoms with Gasteiger partial charge in [-0.15, -0.1) is 11.8 Å². The highest BCUT2D eigenvalue weighted by Gasteiger charge is 2.42. The Morgan fingerprint density at radius 3 is 2.47 bits per heavy atom. The summed E-state index contributed by atoms with van der Waals surface area (Å²) >= 11 is 14.2. The van der Waals surface area contributed by atoms with E-state index < -0.39 is 22.3 Å². The van der Waals surface area contributed by atoms with Crippen LogP contribution in [-0.4, -0.2) is 27.1 Å². The zero-order valence-electron chi connectivity index (χ0n) is 17.8. The molecule has 0 spiro atoms. The first kappa shape index (κ1) is 22.8. The van der Waals surface area contributed by atoms with Gasteiger partial charge in [0.1, 0.15) is 16.9 Å². The fourth-order valence-electron chi connectivity index (χ4n) is 4.09. The number of halogens is 3. The number of aromatic amines is 1. The predicted octanol–water partition coefficient (Wildman–Crippen LogP) is 6.59. The molecule has 1 saturated heterocycles. The fraction of sp³-hybridized carbons (Fsp3) is 0.120. The molecule has 5 rings (SSSR count). The van der Waals surface area contributed by atoms with Gasteiger partial charge in [0.25, 0.3) is 11.8 Å². The quantitative estimate of drug-likeness (QED) is 0.323. The average Bonchev–Trinajstić information content (AvgIpc) is 3.32. The van der Waals surface area contributed by atoms with E-state index in [2.05, 4.69) is 10.4 Å². The number of nitrogens with one attached hydrogen (secondary N) is 2. The number of fused-ring (bicyclic) bond motifs is 1. The molecule has 0 aliphatic carbocycles. The minimum Gasteiger partial charge on any atom is -0.350 e. The third-order valence-corrected chi connectivity index (χ3v) is 7.64. The summed E-state index contributed by atoms with van der Waals surface area (Å²) in [6, 6.07) is 18.6. The Morgan fingerprint density at radius 2 is 1.76 bits per heavy atom. The standard InChI is InChI=1S/C25H18Cl2FN3O2S/c1-13-24(33)31(25(34-13)21-17(26)8-5-9-18(21)27)30-23(32)22-20(14-6-3-2-4-7-14)16-12-15(28)10-11-19(16)29-22/h2-13,25,29H,1H3,(H,30,32). The topological polar surface area (TPSA) is 65.2 Å². The van der Waals surface area contributed by atoms with Crippen molar-refractivity contribution < 1.29 is 14.0 Å². The third kappa shape index (κ3) is 3.94. The third-order valence-electron chi connectivity index (χ3n) is 5.67. The minimum absolute atomic E-state index is 0.216. The molecule has 5 nitrogen and oxygen atoms in total. The molecule has 1 aliphatic rings. The summed E-state index contributed by atoms with van der Waals surface area (Å²) in [7, 11) is 0. The molecule has 1 fully saturated rings. The Kier molecular flexibility index (Phi) is 6.02. The SMILES string of the molecule is CC1SC(c2c(Cl)cccc2Cl)N(NC(=O)c2[nH]c3ccc(F)cc3c2-c2ccccc2)C1=O. The lowest BCUT2D eigenvalue weighted by molar-refractivity contribution is -0.132. The van der Waals surface area contributed by atoms with E-state index in [1.165, 1.54) is 28.9 Å². The number of hydrogen-bond donors (Lipinski definition) is 2. The summed E-state index contributed by atoms with van der Waals surface area (Å²) in [5.41, 5.74) is 5.41. The van der Waals surface area contributed by atoms with E-state index in [9.17, 15) is 14.0 Å². The smallest absolute Gasteiger partial charge is 0.287 e. The number of hydrogen-bond acceptors (Lipinski definition) is 3. The predicted molar refractivity (Wildman–Crippen MR) is 134 cm³/mol. The first-order valence-electron chi connectivity index (χ1n) is 10.4. The molecule has 34 heavy (non-hydrogen) atoms. The van der Waals surface area contributed by atoms with Crippen LogP contribution in [0.3, 0.4) is 0 Å². The Hall–Kier alpha value is -3.00. The van der Waals surface area contributed by atoms with Crippen LogP contribution in [0.15, 0.2) is 66.7 Å². The summed E-state index contributed by atoms with van der Waals surface area (Å²) < 4.78 is 14.1. The number of amides is 2. The Labute approximate surface area is 209 Å². The van der Waals surface area contributed by atoms with Crippen LogP contribution < -0.4 is 5.43 Å². The van der Waals surface area contributed by atoms with Gasteiger partial charge in [-0.1, -0.05) is 59.6 Å². The van der Waals surface area contributed by atoms with Crippen molar-refractivity contribution in [1.29, 1.82) is 0 Å². The van der Waals surface area contributed by atoms with Gasteiger partial charge in [0.15, 0.2) is 0 Å². The Morgan fingerprint density at radius 1 is 1.06 bits per heavy atom. The maximum atomic E-state index is 14.1. The molecule has 2 N–H and O–H groups in total. The molecule has 3 aromatic carbocycles. The molecular formula is C25H18Cl2FN3O2S. The molecule has 0 saturated carbocycles. The molecule has 2 unspecified atom stereocenters. The Bertz CT molecular complexity index is 1410. The molecule has 1 aliphatic heterocycles. The number of hydrazine groups is 1. The van der Waals surface area contributed by atoms with Crippen molar-refractivity contribution in [3.63, 3.8) is 0 Å². The van der Waals surface area contributed by atoms with Crippen LogP contribution >= 0.6 is 35.0 Å². The van der Waals surface area contributed by atoms with Gasteiger partial charge in [0, 0.05) is 32.1 Å². The molecule has 2 atom stereocenters. The number of carbonyl (C=O) groups excluding carboxylic acids is 2. The number of rotatable bonds is 4. The van der Waals surface area contributed by atoms with Crippen LogP contribution in [0.25, 0.3) is 22.0 Å². The van der Waals surface area contributed by atoms with Crippen molar-refractivity contribution in [2.75, 3.05) is 0 Å². The maximum Gasteiger partial charge on any atom is 0.287 e. The molecular weight excluding hydrogens is 496 g/mol. The largest absolute Gasteiger partial charge is 0.350 e. The highest BCUT2D eigenvalue weighted by atomic mass is 35.5. The first-order valence-corrected chi connectivity index (χ1v) is 12.1. The molecule has 1 aromatic heterocycles. The van der Waals surface area contributed by atoms with E-state index in [0.29, 0.717) is 32.1 Å². The van der Waals surface area contributed by atoms with Crippen molar-refractivity contribution in [3.8, 4) is 11.1 Å². The van der Waals surface area contributed by atoms with E-state index in [1.54, 1.807) is 31.2 Å². The Balaban J connectivity index is 1.58. The lowest BCUT2D eigenvalue weighted by Gasteiger charge is -2.26. The number of aromatic nitrogens is 1. The second-order valence-electron chi connectivity index (χ2n) is 7.85. The van der Waals surface area contributed by atoms with Crippen LogP contribution in [0.4, 0.5) is 4.39 Å². The highest BCUT2D eigenvalue weighted by molar-refractivity contribution is 8.01. The van der Waals surface area contributed by atoms with Crippen LogP contribution in [-0.2, 0) is 4.79 Å². The fourth-order valence-corrected chi connectivity index (χ4v) is 6.10.